The first-order chi connectivity index (χ1) is 7.11. The van der Waals surface area contributed by atoms with Gasteiger partial charge >= 0.3 is 0 Å². The Balaban J connectivity index is 2.36. The molecule has 2 N–H and O–H groups in total. The first-order valence-electron chi connectivity index (χ1n) is 5.50. The van der Waals surface area contributed by atoms with Crippen molar-refractivity contribution in [1.29, 1.82) is 0 Å². The molecule has 86 valence electrons. The fourth-order valence-corrected chi connectivity index (χ4v) is 1.47. The van der Waals surface area contributed by atoms with Gasteiger partial charge in [0.1, 0.15) is 5.82 Å². The van der Waals surface area contributed by atoms with Crippen LogP contribution in [-0.4, -0.2) is 26.8 Å². The van der Waals surface area contributed by atoms with Gasteiger partial charge in [-0.05, 0) is 12.8 Å². The Morgan fingerprint density at radius 2 is 2.13 bits per heavy atom. The third-order valence-electron chi connectivity index (χ3n) is 2.97. The molecule has 15 heavy (non-hydrogen) atoms. The van der Waals surface area contributed by atoms with Crippen LogP contribution in [0, 0.1) is 0 Å². The average Bonchev–Trinajstić information content (AvgIpc) is 2.64. The number of aryl methyl sites for hydroxylation is 1. The van der Waals surface area contributed by atoms with Gasteiger partial charge in [0.05, 0.1) is 12.1 Å². The standard InChI is InChI=1S/C11H21N3O/c1-4-11(15,5-2)9-12-8-10-13-6-7-14(10)3/h6-7,12,15H,4-5,8-9H2,1-3H3. The molecule has 0 saturated carbocycles. The zero-order chi connectivity index (χ0) is 11.3. The van der Waals surface area contributed by atoms with Gasteiger partial charge in [-0.2, -0.15) is 0 Å². The molecule has 1 rings (SSSR count). The van der Waals surface area contributed by atoms with Crippen LogP contribution in [-0.2, 0) is 13.6 Å². The Labute approximate surface area is 91.3 Å². The van der Waals surface area contributed by atoms with E-state index in [0.717, 1.165) is 18.7 Å². The molecule has 1 aromatic rings. The number of aliphatic hydroxyl groups is 1. The first kappa shape index (κ1) is 12.2. The lowest BCUT2D eigenvalue weighted by Gasteiger charge is -2.25. The minimum absolute atomic E-state index is 0.578. The zero-order valence-corrected chi connectivity index (χ0v) is 9.82. The Morgan fingerprint density at radius 3 is 2.60 bits per heavy atom. The maximum Gasteiger partial charge on any atom is 0.122 e. The van der Waals surface area contributed by atoms with Crippen LogP contribution in [0.3, 0.4) is 0 Å². The van der Waals surface area contributed by atoms with E-state index in [2.05, 4.69) is 10.3 Å². The summed E-state index contributed by atoms with van der Waals surface area (Å²) in [5, 5.41) is 13.3. The van der Waals surface area contributed by atoms with Crippen LogP contribution in [0.15, 0.2) is 12.4 Å². The smallest absolute Gasteiger partial charge is 0.122 e. The maximum absolute atomic E-state index is 10.0. The van der Waals surface area contributed by atoms with E-state index in [0.29, 0.717) is 13.1 Å². The number of aromatic nitrogens is 2. The van der Waals surface area contributed by atoms with Crippen molar-refractivity contribution in [1.82, 2.24) is 14.9 Å². The van der Waals surface area contributed by atoms with Gasteiger partial charge in [0.2, 0.25) is 0 Å². The molecule has 0 spiro atoms. The number of nitrogens with zero attached hydrogens (tertiary/aromatic N) is 2. The van der Waals surface area contributed by atoms with Crippen molar-refractivity contribution in [2.75, 3.05) is 6.54 Å². The minimum atomic E-state index is -0.578. The first-order valence-corrected chi connectivity index (χ1v) is 5.50. The third kappa shape index (κ3) is 3.32. The summed E-state index contributed by atoms with van der Waals surface area (Å²) in [5.41, 5.74) is -0.578. The highest BCUT2D eigenvalue weighted by Crippen LogP contribution is 2.12. The molecule has 0 unspecified atom stereocenters. The topological polar surface area (TPSA) is 50.1 Å². The van der Waals surface area contributed by atoms with Crippen LogP contribution >= 0.6 is 0 Å². The predicted octanol–water partition coefficient (Wildman–Crippen LogP) is 1.06. The lowest BCUT2D eigenvalue weighted by atomic mass is 9.98. The lowest BCUT2D eigenvalue weighted by molar-refractivity contribution is 0.0321. The summed E-state index contributed by atoms with van der Waals surface area (Å²) in [6, 6.07) is 0. The lowest BCUT2D eigenvalue weighted by Crippen LogP contribution is -2.39. The minimum Gasteiger partial charge on any atom is -0.389 e. The van der Waals surface area contributed by atoms with Crippen molar-refractivity contribution in [3.05, 3.63) is 18.2 Å². The monoisotopic (exact) mass is 211 g/mol. The summed E-state index contributed by atoms with van der Waals surface area (Å²) in [4.78, 5) is 4.21. The average molecular weight is 211 g/mol. The van der Waals surface area contributed by atoms with Crippen LogP contribution in [0.2, 0.25) is 0 Å². The molecule has 0 aliphatic rings. The second-order valence-electron chi connectivity index (χ2n) is 3.99. The quantitative estimate of drug-likeness (QED) is 0.740. The van der Waals surface area contributed by atoms with E-state index in [1.807, 2.05) is 31.7 Å². The van der Waals surface area contributed by atoms with E-state index in [1.165, 1.54) is 0 Å². The van der Waals surface area contributed by atoms with Gasteiger partial charge in [-0.25, -0.2) is 4.98 Å². The third-order valence-corrected chi connectivity index (χ3v) is 2.97. The van der Waals surface area contributed by atoms with E-state index in [9.17, 15) is 5.11 Å². The van der Waals surface area contributed by atoms with E-state index >= 15 is 0 Å². The molecule has 1 aromatic heterocycles. The zero-order valence-electron chi connectivity index (χ0n) is 9.82. The fourth-order valence-electron chi connectivity index (χ4n) is 1.47. The molecule has 0 radical (unpaired) electrons. The molecule has 0 amide bonds. The van der Waals surface area contributed by atoms with Crippen molar-refractivity contribution in [2.24, 2.45) is 7.05 Å². The predicted molar refractivity (Wildman–Crippen MR) is 60.4 cm³/mol. The largest absolute Gasteiger partial charge is 0.389 e. The summed E-state index contributed by atoms with van der Waals surface area (Å²) < 4.78 is 1.98. The van der Waals surface area contributed by atoms with Gasteiger partial charge in [0.25, 0.3) is 0 Å². The van der Waals surface area contributed by atoms with Gasteiger partial charge in [0.15, 0.2) is 0 Å². The highest BCUT2D eigenvalue weighted by molar-refractivity contribution is 4.91. The second-order valence-corrected chi connectivity index (χ2v) is 3.99. The van der Waals surface area contributed by atoms with Crippen molar-refractivity contribution in [3.63, 3.8) is 0 Å². The number of hydrogen-bond acceptors (Lipinski definition) is 3. The highest BCUT2D eigenvalue weighted by atomic mass is 16.3. The second kappa shape index (κ2) is 5.28. The van der Waals surface area contributed by atoms with Crippen LogP contribution in [0.5, 0.6) is 0 Å². The van der Waals surface area contributed by atoms with E-state index in [-0.39, 0.29) is 0 Å². The van der Waals surface area contributed by atoms with Crippen LogP contribution in [0.25, 0.3) is 0 Å². The Bertz CT molecular complexity index is 292. The molecule has 0 aliphatic heterocycles. The van der Waals surface area contributed by atoms with Gasteiger partial charge in [-0.1, -0.05) is 13.8 Å². The summed E-state index contributed by atoms with van der Waals surface area (Å²) in [6.07, 6.45) is 5.25. The molecule has 0 aromatic carbocycles. The van der Waals surface area contributed by atoms with Crippen LogP contribution in [0.1, 0.15) is 32.5 Å². The summed E-state index contributed by atoms with van der Waals surface area (Å²) in [6.45, 7) is 5.33. The summed E-state index contributed by atoms with van der Waals surface area (Å²) >= 11 is 0. The summed E-state index contributed by atoms with van der Waals surface area (Å²) in [7, 11) is 1.97. The SMILES string of the molecule is CCC(O)(CC)CNCc1nccn1C. The van der Waals surface area contributed by atoms with Crippen molar-refractivity contribution in [3.8, 4) is 0 Å². The van der Waals surface area contributed by atoms with E-state index in [4.69, 9.17) is 0 Å². The molecular formula is C11H21N3O. The molecular weight excluding hydrogens is 190 g/mol. The van der Waals surface area contributed by atoms with Gasteiger partial charge in [-0.15, -0.1) is 0 Å². The molecule has 1 heterocycles. The molecule has 0 atom stereocenters. The van der Waals surface area contributed by atoms with E-state index in [1.54, 1.807) is 6.20 Å². The molecule has 4 heteroatoms. The molecule has 0 saturated heterocycles. The van der Waals surface area contributed by atoms with Crippen molar-refractivity contribution in [2.45, 2.75) is 38.8 Å². The van der Waals surface area contributed by atoms with Crippen molar-refractivity contribution >= 4 is 0 Å². The Kier molecular flexibility index (Phi) is 4.29. The van der Waals surface area contributed by atoms with Gasteiger partial charge < -0.3 is 15.0 Å². The van der Waals surface area contributed by atoms with E-state index < -0.39 is 5.60 Å². The highest BCUT2D eigenvalue weighted by Gasteiger charge is 2.21. The normalized spacial score (nSPS) is 12.0. The maximum atomic E-state index is 10.0. The molecule has 0 fully saturated rings. The molecule has 0 bridgehead atoms. The molecule has 0 aliphatic carbocycles. The fraction of sp³-hybridized carbons (Fsp3) is 0.727. The van der Waals surface area contributed by atoms with Crippen LogP contribution in [0.4, 0.5) is 0 Å². The molecule has 4 nitrogen and oxygen atoms in total. The summed E-state index contributed by atoms with van der Waals surface area (Å²) in [5.74, 6) is 0.990. The number of rotatable bonds is 6. The van der Waals surface area contributed by atoms with Gasteiger partial charge in [-0.3, -0.25) is 0 Å². The van der Waals surface area contributed by atoms with Crippen LogP contribution < -0.4 is 5.32 Å². The number of hydrogen-bond donors (Lipinski definition) is 2. The number of imidazole rings is 1. The Morgan fingerprint density at radius 1 is 1.47 bits per heavy atom. The number of nitrogens with one attached hydrogen (secondary N) is 1. The van der Waals surface area contributed by atoms with Gasteiger partial charge in [0, 0.05) is 26.0 Å². The Hall–Kier alpha value is -0.870. The van der Waals surface area contributed by atoms with Crippen molar-refractivity contribution < 1.29 is 5.11 Å².